The maximum Gasteiger partial charge on any atom is 0.437 e. The van der Waals surface area contributed by atoms with Crippen LogP contribution in [0, 0.1) is 0 Å². The SMILES string of the molecule is Cl.FC(F)(F)C1(CC2CCCCN2)N=N1. The summed E-state index contributed by atoms with van der Waals surface area (Å²) in [5, 5.41) is 9.39. The Balaban J connectivity index is 0.00000112. The molecule has 0 bridgehead atoms. The Bertz CT molecular complexity index is 242. The summed E-state index contributed by atoms with van der Waals surface area (Å²) in [5.74, 6) is 0. The second-order valence-corrected chi connectivity index (χ2v) is 3.87. The van der Waals surface area contributed by atoms with Gasteiger partial charge in [-0.25, -0.2) is 0 Å². The first kappa shape index (κ1) is 12.7. The Morgan fingerprint density at radius 3 is 2.33 bits per heavy atom. The quantitative estimate of drug-likeness (QED) is 0.795. The molecule has 0 saturated carbocycles. The smallest absolute Gasteiger partial charge is 0.314 e. The first-order valence-electron chi connectivity index (χ1n) is 4.78. The highest BCUT2D eigenvalue weighted by Crippen LogP contribution is 2.47. The summed E-state index contributed by atoms with van der Waals surface area (Å²) in [5.41, 5.74) is -2.07. The maximum absolute atomic E-state index is 12.4. The lowest BCUT2D eigenvalue weighted by Gasteiger charge is -2.26. The van der Waals surface area contributed by atoms with E-state index < -0.39 is 11.8 Å². The molecule has 2 rings (SSSR count). The van der Waals surface area contributed by atoms with E-state index in [1.54, 1.807) is 0 Å². The number of rotatable bonds is 2. The van der Waals surface area contributed by atoms with Gasteiger partial charge in [-0.3, -0.25) is 0 Å². The van der Waals surface area contributed by atoms with Crippen molar-refractivity contribution in [1.82, 2.24) is 5.32 Å². The molecule has 0 aromatic heterocycles. The van der Waals surface area contributed by atoms with Crippen LogP contribution in [0.4, 0.5) is 13.2 Å². The molecular weight excluding hydrogens is 231 g/mol. The summed E-state index contributed by atoms with van der Waals surface area (Å²) in [6.07, 6.45) is -1.51. The van der Waals surface area contributed by atoms with E-state index in [1.807, 2.05) is 0 Å². The van der Waals surface area contributed by atoms with E-state index in [4.69, 9.17) is 0 Å². The van der Waals surface area contributed by atoms with Gasteiger partial charge >= 0.3 is 6.18 Å². The predicted octanol–water partition coefficient (Wildman–Crippen LogP) is 2.66. The number of halogens is 4. The van der Waals surface area contributed by atoms with Gasteiger partial charge in [0.1, 0.15) is 0 Å². The van der Waals surface area contributed by atoms with Crippen LogP contribution in [0.15, 0.2) is 10.2 Å². The maximum atomic E-state index is 12.4. The molecule has 0 radical (unpaired) electrons. The molecule has 1 fully saturated rings. The molecule has 1 saturated heterocycles. The summed E-state index contributed by atoms with van der Waals surface area (Å²) in [6.45, 7) is 0.804. The lowest BCUT2D eigenvalue weighted by Crippen LogP contribution is -2.43. The van der Waals surface area contributed by atoms with E-state index >= 15 is 0 Å². The van der Waals surface area contributed by atoms with Gasteiger partial charge in [-0.15, -0.1) is 22.6 Å². The van der Waals surface area contributed by atoms with E-state index in [2.05, 4.69) is 15.5 Å². The highest BCUT2D eigenvalue weighted by atomic mass is 35.5. The molecule has 7 heteroatoms. The third kappa shape index (κ3) is 2.60. The van der Waals surface area contributed by atoms with Gasteiger partial charge in [0.2, 0.25) is 0 Å². The fourth-order valence-electron chi connectivity index (χ4n) is 1.81. The normalized spacial score (nSPS) is 28.3. The molecule has 1 atom stereocenters. The number of piperidine rings is 1. The molecule has 0 aromatic rings. The minimum Gasteiger partial charge on any atom is -0.314 e. The van der Waals surface area contributed by atoms with Gasteiger partial charge in [0.15, 0.2) is 0 Å². The second kappa shape index (κ2) is 4.25. The van der Waals surface area contributed by atoms with Crippen molar-refractivity contribution in [1.29, 1.82) is 0 Å². The lowest BCUT2D eigenvalue weighted by molar-refractivity contribution is -0.166. The average molecular weight is 244 g/mol. The second-order valence-electron chi connectivity index (χ2n) is 3.87. The van der Waals surface area contributed by atoms with Crippen molar-refractivity contribution in [2.45, 2.75) is 43.6 Å². The molecule has 2 aliphatic rings. The van der Waals surface area contributed by atoms with Gasteiger partial charge in [-0.2, -0.15) is 13.2 Å². The van der Waals surface area contributed by atoms with Gasteiger partial charge in [-0.1, -0.05) is 6.42 Å². The topological polar surface area (TPSA) is 36.8 Å². The zero-order chi connectivity index (χ0) is 10.2. The van der Waals surface area contributed by atoms with Gasteiger partial charge in [-0.05, 0) is 19.4 Å². The Labute approximate surface area is 91.9 Å². The molecule has 0 spiro atoms. The molecule has 0 amide bonds. The average Bonchev–Trinajstić information content (AvgIpc) is 2.86. The Morgan fingerprint density at radius 2 is 1.93 bits per heavy atom. The zero-order valence-corrected chi connectivity index (χ0v) is 8.87. The zero-order valence-electron chi connectivity index (χ0n) is 8.05. The van der Waals surface area contributed by atoms with Crippen molar-refractivity contribution in [2.24, 2.45) is 10.2 Å². The minimum absolute atomic E-state index is 0. The number of hydrogen-bond donors (Lipinski definition) is 1. The molecule has 1 N–H and O–H groups in total. The van der Waals surface area contributed by atoms with Crippen molar-refractivity contribution in [2.75, 3.05) is 6.54 Å². The first-order valence-corrected chi connectivity index (χ1v) is 4.78. The Hall–Kier alpha value is -0.360. The molecular formula is C8H13ClF3N3. The Kier molecular flexibility index (Phi) is 3.60. The predicted molar refractivity (Wildman–Crippen MR) is 51.1 cm³/mol. The summed E-state index contributed by atoms with van der Waals surface area (Å²) in [4.78, 5) is 0. The van der Waals surface area contributed by atoms with Crippen molar-refractivity contribution in [3.05, 3.63) is 0 Å². The van der Waals surface area contributed by atoms with Crippen molar-refractivity contribution < 1.29 is 13.2 Å². The molecule has 0 aromatic carbocycles. The number of nitrogens with zero attached hydrogens (tertiary/aromatic N) is 2. The largest absolute Gasteiger partial charge is 0.437 e. The summed E-state index contributed by atoms with van der Waals surface area (Å²) >= 11 is 0. The van der Waals surface area contributed by atoms with E-state index in [1.165, 1.54) is 0 Å². The van der Waals surface area contributed by atoms with Crippen molar-refractivity contribution in [3.8, 4) is 0 Å². The van der Waals surface area contributed by atoms with Crippen molar-refractivity contribution in [3.63, 3.8) is 0 Å². The summed E-state index contributed by atoms with van der Waals surface area (Å²) < 4.78 is 37.3. The van der Waals surface area contributed by atoms with Crippen LogP contribution in [0.25, 0.3) is 0 Å². The minimum atomic E-state index is -4.31. The number of alkyl halides is 3. The fourth-order valence-corrected chi connectivity index (χ4v) is 1.81. The third-order valence-electron chi connectivity index (χ3n) is 2.74. The van der Waals surface area contributed by atoms with Crippen LogP contribution < -0.4 is 5.32 Å². The highest BCUT2D eigenvalue weighted by Gasteiger charge is 2.64. The fraction of sp³-hybridized carbons (Fsp3) is 1.00. The Morgan fingerprint density at radius 1 is 1.27 bits per heavy atom. The summed E-state index contributed by atoms with van der Waals surface area (Å²) in [6, 6.07) is -0.0830. The van der Waals surface area contributed by atoms with Crippen LogP contribution in [0.5, 0.6) is 0 Å². The molecule has 88 valence electrons. The molecule has 2 aliphatic heterocycles. The standard InChI is InChI=1S/C8H12F3N3.ClH/c9-8(10,11)7(13-14-7)5-6-3-1-2-4-12-6;/h6,12H,1-5H2;1H. The molecule has 0 aliphatic carbocycles. The van der Waals surface area contributed by atoms with Crippen LogP contribution >= 0.6 is 12.4 Å². The van der Waals surface area contributed by atoms with E-state index in [0.29, 0.717) is 0 Å². The van der Waals surface area contributed by atoms with Crippen molar-refractivity contribution >= 4 is 12.4 Å². The molecule has 15 heavy (non-hydrogen) atoms. The molecule has 3 nitrogen and oxygen atoms in total. The van der Waals surface area contributed by atoms with Gasteiger partial charge < -0.3 is 5.32 Å². The third-order valence-corrected chi connectivity index (χ3v) is 2.74. The number of hydrogen-bond acceptors (Lipinski definition) is 3. The van der Waals surface area contributed by atoms with Crippen LogP contribution in [-0.4, -0.2) is 24.4 Å². The van der Waals surface area contributed by atoms with E-state index in [-0.39, 0.29) is 24.9 Å². The van der Waals surface area contributed by atoms with Crippen LogP contribution in [0.2, 0.25) is 0 Å². The van der Waals surface area contributed by atoms with E-state index in [9.17, 15) is 13.2 Å². The first-order chi connectivity index (χ1) is 6.54. The van der Waals surface area contributed by atoms with Gasteiger partial charge in [0, 0.05) is 12.5 Å². The van der Waals surface area contributed by atoms with Crippen LogP contribution in [0.3, 0.4) is 0 Å². The summed E-state index contributed by atoms with van der Waals surface area (Å²) in [7, 11) is 0. The lowest BCUT2D eigenvalue weighted by atomic mass is 9.96. The monoisotopic (exact) mass is 243 g/mol. The molecule has 2 heterocycles. The van der Waals surface area contributed by atoms with E-state index in [0.717, 1.165) is 25.8 Å². The van der Waals surface area contributed by atoms with Gasteiger partial charge in [0.05, 0.1) is 0 Å². The van der Waals surface area contributed by atoms with Crippen LogP contribution in [-0.2, 0) is 0 Å². The van der Waals surface area contributed by atoms with Gasteiger partial charge in [0.25, 0.3) is 5.66 Å². The van der Waals surface area contributed by atoms with Crippen LogP contribution in [0.1, 0.15) is 25.7 Å². The molecule has 1 unspecified atom stereocenters. The number of nitrogens with one attached hydrogen (secondary N) is 1. The highest BCUT2D eigenvalue weighted by molar-refractivity contribution is 5.85.